The lowest BCUT2D eigenvalue weighted by Crippen LogP contribution is -2.03. The van der Waals surface area contributed by atoms with Gasteiger partial charge >= 0.3 is 0 Å². The summed E-state index contributed by atoms with van der Waals surface area (Å²) >= 11 is 3.45. The molecule has 3 rings (SSSR count). The molecule has 0 amide bonds. The van der Waals surface area contributed by atoms with Crippen LogP contribution in [0.1, 0.15) is 50.5 Å². The van der Waals surface area contributed by atoms with Crippen molar-refractivity contribution in [1.29, 1.82) is 0 Å². The SMILES string of the molecule is CC(C)c1nc(-c2ccc(C3CC3C)o2)nc(N)c1Br. The molecule has 2 aromatic heterocycles. The summed E-state index contributed by atoms with van der Waals surface area (Å²) in [6.07, 6.45) is 1.20. The molecule has 0 bridgehead atoms. The Bertz CT molecular complexity index is 651. The molecule has 106 valence electrons. The first-order valence-electron chi connectivity index (χ1n) is 6.90. The molecule has 1 saturated carbocycles. The molecule has 1 aliphatic carbocycles. The van der Waals surface area contributed by atoms with Gasteiger partial charge in [-0.1, -0.05) is 20.8 Å². The van der Waals surface area contributed by atoms with Gasteiger partial charge in [-0.05, 0) is 46.3 Å². The number of aromatic nitrogens is 2. The highest BCUT2D eigenvalue weighted by Gasteiger charge is 2.36. The number of nitrogens with two attached hydrogens (primary N) is 1. The van der Waals surface area contributed by atoms with Crippen LogP contribution in [-0.2, 0) is 0 Å². The zero-order valence-corrected chi connectivity index (χ0v) is 13.4. The lowest BCUT2D eigenvalue weighted by molar-refractivity contribution is 0.514. The molecule has 2 atom stereocenters. The van der Waals surface area contributed by atoms with Crippen LogP contribution in [-0.4, -0.2) is 9.97 Å². The molecule has 0 radical (unpaired) electrons. The number of anilines is 1. The van der Waals surface area contributed by atoms with Crippen molar-refractivity contribution in [2.75, 3.05) is 5.73 Å². The lowest BCUT2D eigenvalue weighted by atomic mass is 10.1. The molecule has 2 heterocycles. The third-order valence-electron chi connectivity index (χ3n) is 3.77. The minimum absolute atomic E-state index is 0.270. The quantitative estimate of drug-likeness (QED) is 0.906. The van der Waals surface area contributed by atoms with Gasteiger partial charge in [-0.2, -0.15) is 0 Å². The smallest absolute Gasteiger partial charge is 0.197 e. The first-order chi connectivity index (χ1) is 9.47. The first-order valence-corrected chi connectivity index (χ1v) is 7.69. The highest BCUT2D eigenvalue weighted by Crippen LogP contribution is 2.48. The fourth-order valence-electron chi connectivity index (χ4n) is 2.37. The van der Waals surface area contributed by atoms with Crippen molar-refractivity contribution >= 4 is 21.7 Å². The molecule has 1 fully saturated rings. The summed E-state index contributed by atoms with van der Waals surface area (Å²) < 4.78 is 6.67. The van der Waals surface area contributed by atoms with Crippen LogP contribution in [0, 0.1) is 5.92 Å². The van der Waals surface area contributed by atoms with E-state index in [0.717, 1.165) is 21.8 Å². The zero-order chi connectivity index (χ0) is 14.4. The predicted octanol–water partition coefficient (Wildman–Crippen LogP) is 4.33. The molecule has 20 heavy (non-hydrogen) atoms. The molecule has 1 aliphatic rings. The number of nitrogen functional groups attached to an aromatic ring is 1. The van der Waals surface area contributed by atoms with Crippen molar-refractivity contribution in [2.24, 2.45) is 5.92 Å². The Labute approximate surface area is 126 Å². The van der Waals surface area contributed by atoms with Crippen molar-refractivity contribution < 1.29 is 4.42 Å². The van der Waals surface area contributed by atoms with Gasteiger partial charge in [0.1, 0.15) is 11.6 Å². The Morgan fingerprint density at radius 2 is 2.05 bits per heavy atom. The Morgan fingerprint density at radius 3 is 2.65 bits per heavy atom. The Balaban J connectivity index is 1.99. The summed E-state index contributed by atoms with van der Waals surface area (Å²) in [5.41, 5.74) is 6.87. The van der Waals surface area contributed by atoms with Gasteiger partial charge in [-0.3, -0.25) is 0 Å². The van der Waals surface area contributed by atoms with Crippen molar-refractivity contribution in [2.45, 2.75) is 39.0 Å². The maximum atomic E-state index is 5.96. The van der Waals surface area contributed by atoms with Gasteiger partial charge in [0.15, 0.2) is 11.6 Å². The van der Waals surface area contributed by atoms with E-state index in [4.69, 9.17) is 10.2 Å². The zero-order valence-electron chi connectivity index (χ0n) is 11.9. The van der Waals surface area contributed by atoms with E-state index >= 15 is 0 Å². The van der Waals surface area contributed by atoms with Gasteiger partial charge in [0.25, 0.3) is 0 Å². The van der Waals surface area contributed by atoms with E-state index in [2.05, 4.69) is 46.7 Å². The van der Waals surface area contributed by atoms with E-state index in [9.17, 15) is 0 Å². The van der Waals surface area contributed by atoms with E-state index < -0.39 is 0 Å². The van der Waals surface area contributed by atoms with Crippen molar-refractivity contribution in [1.82, 2.24) is 9.97 Å². The van der Waals surface area contributed by atoms with Gasteiger partial charge in [-0.15, -0.1) is 0 Å². The average Bonchev–Trinajstić information content (AvgIpc) is 2.93. The second-order valence-electron chi connectivity index (χ2n) is 5.81. The number of rotatable bonds is 3. The van der Waals surface area contributed by atoms with E-state index in [1.54, 1.807) is 0 Å². The summed E-state index contributed by atoms with van der Waals surface area (Å²) in [5.74, 6) is 4.29. The standard InChI is InChI=1S/C15H18BrN3O/c1-7(2)13-12(16)14(17)19-15(18-13)11-5-4-10(20-11)9-6-8(9)3/h4-5,7-9H,6H2,1-3H3,(H2,17,18,19). The lowest BCUT2D eigenvalue weighted by Gasteiger charge is -2.10. The van der Waals surface area contributed by atoms with Crippen molar-refractivity contribution in [3.8, 4) is 11.6 Å². The van der Waals surface area contributed by atoms with Crippen molar-refractivity contribution in [3.63, 3.8) is 0 Å². The largest absolute Gasteiger partial charge is 0.457 e. The molecule has 2 aromatic rings. The number of halogens is 1. The molecule has 5 heteroatoms. The van der Waals surface area contributed by atoms with Crippen LogP contribution in [0.3, 0.4) is 0 Å². The predicted molar refractivity (Wildman–Crippen MR) is 82.5 cm³/mol. The minimum Gasteiger partial charge on any atom is -0.457 e. The van der Waals surface area contributed by atoms with Crippen LogP contribution in [0.15, 0.2) is 21.0 Å². The van der Waals surface area contributed by atoms with Gasteiger partial charge in [0, 0.05) is 5.92 Å². The highest BCUT2D eigenvalue weighted by molar-refractivity contribution is 9.10. The molecule has 0 spiro atoms. The molecule has 0 saturated heterocycles. The average molecular weight is 336 g/mol. The van der Waals surface area contributed by atoms with Crippen LogP contribution in [0.4, 0.5) is 5.82 Å². The van der Waals surface area contributed by atoms with Crippen LogP contribution in [0.25, 0.3) is 11.6 Å². The minimum atomic E-state index is 0.270. The molecule has 2 N–H and O–H groups in total. The van der Waals surface area contributed by atoms with Gasteiger partial charge in [0.2, 0.25) is 0 Å². The normalized spacial score (nSPS) is 21.4. The maximum Gasteiger partial charge on any atom is 0.197 e. The molecule has 4 nitrogen and oxygen atoms in total. The maximum absolute atomic E-state index is 5.96. The summed E-state index contributed by atoms with van der Waals surface area (Å²) in [6.45, 7) is 6.39. The number of nitrogens with zero attached hydrogens (tertiary/aromatic N) is 2. The number of hydrogen-bond acceptors (Lipinski definition) is 4. The monoisotopic (exact) mass is 335 g/mol. The van der Waals surface area contributed by atoms with Crippen LogP contribution >= 0.6 is 15.9 Å². The molecular weight excluding hydrogens is 318 g/mol. The Kier molecular flexibility index (Phi) is 3.32. The van der Waals surface area contributed by atoms with E-state index in [-0.39, 0.29) is 5.92 Å². The third kappa shape index (κ3) is 2.35. The fraction of sp³-hybridized carbons (Fsp3) is 0.467. The summed E-state index contributed by atoms with van der Waals surface area (Å²) in [4.78, 5) is 8.91. The topological polar surface area (TPSA) is 64.9 Å². The first kappa shape index (κ1) is 13.6. The summed E-state index contributed by atoms with van der Waals surface area (Å²) in [7, 11) is 0. The fourth-order valence-corrected chi connectivity index (χ4v) is 3.00. The molecule has 2 unspecified atom stereocenters. The second-order valence-corrected chi connectivity index (χ2v) is 6.60. The van der Waals surface area contributed by atoms with E-state index in [1.807, 2.05) is 12.1 Å². The second kappa shape index (κ2) is 4.88. The Hall–Kier alpha value is -1.36. The molecule has 0 aromatic carbocycles. The molecular formula is C15H18BrN3O. The van der Waals surface area contributed by atoms with E-state index in [1.165, 1.54) is 6.42 Å². The highest BCUT2D eigenvalue weighted by atomic mass is 79.9. The third-order valence-corrected chi connectivity index (χ3v) is 4.58. The number of hydrogen-bond donors (Lipinski definition) is 1. The van der Waals surface area contributed by atoms with Crippen LogP contribution < -0.4 is 5.73 Å². The Morgan fingerprint density at radius 1 is 1.35 bits per heavy atom. The number of furan rings is 1. The van der Waals surface area contributed by atoms with Crippen LogP contribution in [0.5, 0.6) is 0 Å². The van der Waals surface area contributed by atoms with Gasteiger partial charge in [0.05, 0.1) is 10.2 Å². The van der Waals surface area contributed by atoms with Gasteiger partial charge in [-0.25, -0.2) is 9.97 Å². The van der Waals surface area contributed by atoms with E-state index in [0.29, 0.717) is 23.3 Å². The van der Waals surface area contributed by atoms with Gasteiger partial charge < -0.3 is 10.2 Å². The summed E-state index contributed by atoms with van der Waals surface area (Å²) in [6, 6.07) is 3.97. The van der Waals surface area contributed by atoms with Crippen molar-refractivity contribution in [3.05, 3.63) is 28.1 Å². The van der Waals surface area contributed by atoms with Crippen LogP contribution in [0.2, 0.25) is 0 Å². The summed E-state index contributed by atoms with van der Waals surface area (Å²) in [5, 5.41) is 0. The molecule has 0 aliphatic heterocycles.